The Morgan fingerprint density at radius 1 is 1.14 bits per heavy atom. The Bertz CT molecular complexity index is 712. The lowest BCUT2D eigenvalue weighted by atomic mass is 9.86. The van der Waals surface area contributed by atoms with Crippen LogP contribution in [0.4, 0.5) is 17.5 Å². The van der Waals surface area contributed by atoms with E-state index in [0.29, 0.717) is 17.7 Å². The lowest BCUT2D eigenvalue weighted by molar-refractivity contribution is 0.450. The highest BCUT2D eigenvalue weighted by molar-refractivity contribution is 5.58. The van der Waals surface area contributed by atoms with Crippen LogP contribution in [0.5, 0.6) is 0 Å². The number of fused-ring (bicyclic) bond motifs is 2. The van der Waals surface area contributed by atoms with Gasteiger partial charge in [-0.3, -0.25) is 0 Å². The summed E-state index contributed by atoms with van der Waals surface area (Å²) >= 11 is 0. The van der Waals surface area contributed by atoms with Gasteiger partial charge in [-0.15, -0.1) is 0 Å². The maximum absolute atomic E-state index is 6.04. The molecule has 5 nitrogen and oxygen atoms in total. The molecule has 114 valence electrons. The number of anilines is 3. The van der Waals surface area contributed by atoms with E-state index in [1.807, 2.05) is 0 Å². The third-order valence-corrected chi connectivity index (χ3v) is 4.89. The molecule has 2 aromatic rings. The van der Waals surface area contributed by atoms with Crippen molar-refractivity contribution in [3.05, 3.63) is 41.1 Å². The summed E-state index contributed by atoms with van der Waals surface area (Å²) < 4.78 is 0. The molecule has 1 aliphatic heterocycles. The minimum Gasteiger partial charge on any atom is -0.383 e. The quantitative estimate of drug-likeness (QED) is 0.883. The lowest BCUT2D eigenvalue weighted by Crippen LogP contribution is -2.31. The normalized spacial score (nSPS) is 19.8. The van der Waals surface area contributed by atoms with Gasteiger partial charge in [-0.2, -0.15) is 4.98 Å². The summed E-state index contributed by atoms with van der Waals surface area (Å²) in [4.78, 5) is 11.0. The first kappa shape index (κ1) is 13.4. The zero-order chi connectivity index (χ0) is 15.1. The Morgan fingerprint density at radius 3 is 2.91 bits per heavy atom. The van der Waals surface area contributed by atoms with Crippen LogP contribution in [0.2, 0.25) is 0 Å². The van der Waals surface area contributed by atoms with Crippen LogP contribution < -0.4 is 16.4 Å². The second kappa shape index (κ2) is 5.16. The topological polar surface area (TPSA) is 81.1 Å². The van der Waals surface area contributed by atoms with Crippen molar-refractivity contribution < 1.29 is 0 Å². The van der Waals surface area contributed by atoms with Crippen molar-refractivity contribution in [1.29, 1.82) is 0 Å². The molecule has 2 aliphatic rings. The molecule has 1 aromatic carbocycles. The summed E-state index contributed by atoms with van der Waals surface area (Å²) in [7, 11) is 0. The van der Waals surface area contributed by atoms with Crippen molar-refractivity contribution in [1.82, 2.24) is 9.97 Å². The Labute approximate surface area is 130 Å². The SMILES string of the molecule is Nc1nc(N)c2c(n1)CCC(CN1CCc3ccccc31)C2. The first-order chi connectivity index (χ1) is 10.7. The van der Waals surface area contributed by atoms with E-state index in [-0.39, 0.29) is 0 Å². The molecule has 1 aromatic heterocycles. The van der Waals surface area contributed by atoms with E-state index in [1.165, 1.54) is 11.3 Å². The van der Waals surface area contributed by atoms with Crippen LogP contribution >= 0.6 is 0 Å². The molecule has 1 aliphatic carbocycles. The van der Waals surface area contributed by atoms with Crippen LogP contribution in [0.1, 0.15) is 23.2 Å². The fraction of sp³-hybridized carbons (Fsp3) is 0.412. The summed E-state index contributed by atoms with van der Waals surface area (Å²) in [6, 6.07) is 8.72. The van der Waals surface area contributed by atoms with Crippen molar-refractivity contribution in [2.24, 2.45) is 5.92 Å². The zero-order valence-electron chi connectivity index (χ0n) is 12.6. The Balaban J connectivity index is 1.52. The Kier molecular flexibility index (Phi) is 3.13. The summed E-state index contributed by atoms with van der Waals surface area (Å²) in [6.45, 7) is 2.21. The van der Waals surface area contributed by atoms with E-state index in [9.17, 15) is 0 Å². The average Bonchev–Trinajstić information content (AvgIpc) is 2.91. The molecular formula is C17H21N5. The number of nitrogens with zero attached hydrogens (tertiary/aromatic N) is 3. The monoisotopic (exact) mass is 295 g/mol. The molecular weight excluding hydrogens is 274 g/mol. The van der Waals surface area contributed by atoms with Gasteiger partial charge in [0.25, 0.3) is 0 Å². The van der Waals surface area contributed by atoms with Crippen LogP contribution in [0.3, 0.4) is 0 Å². The maximum atomic E-state index is 6.04. The summed E-state index contributed by atoms with van der Waals surface area (Å²) in [5.74, 6) is 1.46. The number of rotatable bonds is 2. The molecule has 0 bridgehead atoms. The van der Waals surface area contributed by atoms with E-state index in [0.717, 1.165) is 50.0 Å². The molecule has 5 heteroatoms. The van der Waals surface area contributed by atoms with Gasteiger partial charge in [0, 0.05) is 24.3 Å². The minimum absolute atomic E-state index is 0.295. The fourth-order valence-corrected chi connectivity index (χ4v) is 3.79. The third-order valence-electron chi connectivity index (χ3n) is 4.89. The average molecular weight is 295 g/mol. The fourth-order valence-electron chi connectivity index (χ4n) is 3.79. The number of benzene rings is 1. The minimum atomic E-state index is 0.295. The number of hydrogen-bond acceptors (Lipinski definition) is 5. The largest absolute Gasteiger partial charge is 0.383 e. The first-order valence-electron chi connectivity index (χ1n) is 7.94. The van der Waals surface area contributed by atoms with Gasteiger partial charge in [0.1, 0.15) is 5.82 Å². The lowest BCUT2D eigenvalue weighted by Gasteiger charge is -2.30. The molecule has 0 fully saturated rings. The van der Waals surface area contributed by atoms with E-state index in [4.69, 9.17) is 11.5 Å². The standard InChI is InChI=1S/C17H21N5/c18-16-13-9-11(5-6-14(13)20-17(19)21-16)10-22-8-7-12-3-1-2-4-15(12)22/h1-4,11H,5-10H2,(H4,18,19,20,21). The first-order valence-corrected chi connectivity index (χ1v) is 7.94. The summed E-state index contributed by atoms with van der Waals surface area (Å²) in [5, 5.41) is 0. The van der Waals surface area contributed by atoms with E-state index < -0.39 is 0 Å². The Morgan fingerprint density at radius 2 is 2.00 bits per heavy atom. The molecule has 0 spiro atoms. The van der Waals surface area contributed by atoms with Gasteiger partial charge in [0.2, 0.25) is 5.95 Å². The highest BCUT2D eigenvalue weighted by Crippen LogP contribution is 2.32. The Hall–Kier alpha value is -2.30. The molecule has 1 unspecified atom stereocenters. The van der Waals surface area contributed by atoms with Gasteiger partial charge in [-0.1, -0.05) is 18.2 Å². The van der Waals surface area contributed by atoms with Crippen LogP contribution in [0, 0.1) is 5.92 Å². The highest BCUT2D eigenvalue weighted by Gasteiger charge is 2.27. The number of nitrogens with two attached hydrogens (primary N) is 2. The molecule has 0 saturated heterocycles. The highest BCUT2D eigenvalue weighted by atomic mass is 15.1. The van der Waals surface area contributed by atoms with Gasteiger partial charge in [-0.25, -0.2) is 4.98 Å². The molecule has 22 heavy (non-hydrogen) atoms. The summed E-state index contributed by atoms with van der Waals surface area (Å²) in [6.07, 6.45) is 4.20. The smallest absolute Gasteiger partial charge is 0.222 e. The summed E-state index contributed by atoms with van der Waals surface area (Å²) in [5.41, 5.74) is 16.8. The molecule has 4 rings (SSSR count). The van der Waals surface area contributed by atoms with Gasteiger partial charge in [0.05, 0.1) is 5.69 Å². The van der Waals surface area contributed by atoms with Gasteiger partial charge >= 0.3 is 0 Å². The molecule has 0 radical (unpaired) electrons. The molecule has 0 saturated carbocycles. The predicted molar refractivity (Wildman–Crippen MR) is 88.7 cm³/mol. The number of nitrogen functional groups attached to an aromatic ring is 2. The van der Waals surface area contributed by atoms with Crippen molar-refractivity contribution >= 4 is 17.5 Å². The zero-order valence-corrected chi connectivity index (χ0v) is 12.6. The second-order valence-corrected chi connectivity index (χ2v) is 6.33. The van der Waals surface area contributed by atoms with E-state index in [1.54, 1.807) is 0 Å². The number of aryl methyl sites for hydroxylation is 1. The van der Waals surface area contributed by atoms with Crippen LogP contribution in [0.15, 0.2) is 24.3 Å². The van der Waals surface area contributed by atoms with Gasteiger partial charge in [0.15, 0.2) is 0 Å². The van der Waals surface area contributed by atoms with Gasteiger partial charge in [-0.05, 0) is 43.2 Å². The predicted octanol–water partition coefficient (Wildman–Crippen LogP) is 1.81. The maximum Gasteiger partial charge on any atom is 0.222 e. The van der Waals surface area contributed by atoms with Crippen LogP contribution in [-0.2, 0) is 19.3 Å². The van der Waals surface area contributed by atoms with E-state index >= 15 is 0 Å². The molecule has 4 N–H and O–H groups in total. The van der Waals surface area contributed by atoms with Crippen LogP contribution in [0.25, 0.3) is 0 Å². The van der Waals surface area contributed by atoms with Crippen LogP contribution in [-0.4, -0.2) is 23.1 Å². The number of hydrogen-bond donors (Lipinski definition) is 2. The van der Waals surface area contributed by atoms with Gasteiger partial charge < -0.3 is 16.4 Å². The number of aromatic nitrogens is 2. The molecule has 1 atom stereocenters. The molecule has 0 amide bonds. The number of para-hydroxylation sites is 1. The molecule has 2 heterocycles. The third kappa shape index (κ3) is 2.26. The second-order valence-electron chi connectivity index (χ2n) is 6.33. The van der Waals surface area contributed by atoms with Crippen molar-refractivity contribution in [2.75, 3.05) is 29.5 Å². The van der Waals surface area contributed by atoms with E-state index in [2.05, 4.69) is 39.1 Å². The van der Waals surface area contributed by atoms with Crippen molar-refractivity contribution in [2.45, 2.75) is 25.7 Å². The van der Waals surface area contributed by atoms with Crippen molar-refractivity contribution in [3.63, 3.8) is 0 Å². The van der Waals surface area contributed by atoms with Crippen molar-refractivity contribution in [3.8, 4) is 0 Å².